The van der Waals surface area contributed by atoms with E-state index >= 15 is 0 Å². The van der Waals surface area contributed by atoms with Gasteiger partial charge in [0.1, 0.15) is 11.4 Å². The Morgan fingerprint density at radius 3 is 2.45 bits per heavy atom. The van der Waals surface area contributed by atoms with Crippen LogP contribution >= 0.6 is 11.8 Å². The van der Waals surface area contributed by atoms with Gasteiger partial charge in [0.2, 0.25) is 0 Å². The first-order valence-corrected chi connectivity index (χ1v) is 7.55. The fourth-order valence-electron chi connectivity index (χ4n) is 1.83. The Labute approximate surface area is 131 Å². The van der Waals surface area contributed by atoms with Gasteiger partial charge in [0.15, 0.2) is 0 Å². The predicted octanol–water partition coefficient (Wildman–Crippen LogP) is 3.58. The van der Waals surface area contributed by atoms with Gasteiger partial charge in [-0.15, -0.1) is 11.8 Å². The highest BCUT2D eigenvalue weighted by atomic mass is 32.2. The van der Waals surface area contributed by atoms with Crippen LogP contribution in [0.15, 0.2) is 47.4 Å². The van der Waals surface area contributed by atoms with Crippen molar-refractivity contribution in [2.75, 3.05) is 18.7 Å². The number of hydrogen-bond donors (Lipinski definition) is 1. The van der Waals surface area contributed by atoms with Crippen LogP contribution in [0.3, 0.4) is 0 Å². The zero-order valence-electron chi connectivity index (χ0n) is 12.0. The van der Waals surface area contributed by atoms with E-state index in [9.17, 15) is 14.9 Å². The summed E-state index contributed by atoms with van der Waals surface area (Å²) in [5.41, 5.74) is 0.348. The van der Waals surface area contributed by atoms with Gasteiger partial charge in [-0.3, -0.25) is 14.9 Å². The van der Waals surface area contributed by atoms with E-state index < -0.39 is 10.8 Å². The van der Waals surface area contributed by atoms with Gasteiger partial charge < -0.3 is 10.1 Å². The molecular weight excluding hydrogens is 304 g/mol. The monoisotopic (exact) mass is 318 g/mol. The van der Waals surface area contributed by atoms with Crippen molar-refractivity contribution in [3.63, 3.8) is 0 Å². The number of hydrogen-bond acceptors (Lipinski definition) is 5. The van der Waals surface area contributed by atoms with Gasteiger partial charge in [0.05, 0.1) is 18.1 Å². The Balaban J connectivity index is 2.25. The first kappa shape index (κ1) is 15.8. The first-order chi connectivity index (χ1) is 10.5. The number of nitro benzene ring substituents is 1. The minimum atomic E-state index is -0.561. The van der Waals surface area contributed by atoms with Crippen LogP contribution in [-0.2, 0) is 0 Å². The topological polar surface area (TPSA) is 81.5 Å². The number of carbonyl (C=O) groups excluding carboxylic acids is 1. The Morgan fingerprint density at radius 2 is 1.91 bits per heavy atom. The van der Waals surface area contributed by atoms with Crippen LogP contribution in [-0.4, -0.2) is 24.2 Å². The Morgan fingerprint density at radius 1 is 1.23 bits per heavy atom. The third-order valence-electron chi connectivity index (χ3n) is 3.00. The number of nitrogens with one attached hydrogen (secondary N) is 1. The molecule has 2 rings (SSSR count). The molecule has 0 unspecified atom stereocenters. The van der Waals surface area contributed by atoms with Gasteiger partial charge >= 0.3 is 0 Å². The van der Waals surface area contributed by atoms with E-state index in [1.54, 1.807) is 30.0 Å². The van der Waals surface area contributed by atoms with Gasteiger partial charge in [0.25, 0.3) is 11.6 Å². The third kappa shape index (κ3) is 3.56. The molecule has 114 valence electrons. The standard InChI is InChI=1S/C15H14N2O4S/c1-21-11-5-8-13(14(9-11)17(19)20)16-15(18)10-3-6-12(22-2)7-4-10/h3-9H,1-2H3,(H,16,18). The lowest BCUT2D eigenvalue weighted by Crippen LogP contribution is -2.13. The third-order valence-corrected chi connectivity index (χ3v) is 3.75. The lowest BCUT2D eigenvalue weighted by Gasteiger charge is -2.08. The number of ether oxygens (including phenoxy) is 1. The van der Waals surface area contributed by atoms with Gasteiger partial charge in [-0.1, -0.05) is 0 Å². The molecule has 2 aromatic rings. The number of carbonyl (C=O) groups is 1. The molecule has 0 atom stereocenters. The van der Waals surface area contributed by atoms with Crippen LogP contribution < -0.4 is 10.1 Å². The van der Waals surface area contributed by atoms with Crippen LogP contribution in [0.1, 0.15) is 10.4 Å². The Hall–Kier alpha value is -2.54. The molecule has 22 heavy (non-hydrogen) atoms. The van der Waals surface area contributed by atoms with E-state index in [1.807, 2.05) is 18.4 Å². The molecule has 0 saturated heterocycles. The summed E-state index contributed by atoms with van der Waals surface area (Å²) in [5, 5.41) is 13.6. The van der Waals surface area contributed by atoms with E-state index in [4.69, 9.17) is 4.74 Å². The molecule has 0 heterocycles. The van der Waals surface area contributed by atoms with Crippen molar-refractivity contribution in [3.8, 4) is 5.75 Å². The molecule has 0 aliphatic rings. The summed E-state index contributed by atoms with van der Waals surface area (Å²) in [6, 6.07) is 11.3. The molecule has 0 aliphatic heterocycles. The maximum atomic E-state index is 12.2. The van der Waals surface area contributed by atoms with Crippen molar-refractivity contribution in [2.45, 2.75) is 4.90 Å². The quantitative estimate of drug-likeness (QED) is 0.518. The number of amides is 1. The molecule has 0 spiro atoms. The highest BCUT2D eigenvalue weighted by Crippen LogP contribution is 2.29. The predicted molar refractivity (Wildman–Crippen MR) is 85.8 cm³/mol. The molecule has 7 heteroatoms. The Bertz CT molecular complexity index is 701. The normalized spacial score (nSPS) is 10.1. The lowest BCUT2D eigenvalue weighted by molar-refractivity contribution is -0.384. The number of benzene rings is 2. The molecule has 0 radical (unpaired) electrons. The average molecular weight is 318 g/mol. The maximum Gasteiger partial charge on any atom is 0.296 e. The second-order valence-electron chi connectivity index (χ2n) is 4.32. The van der Waals surface area contributed by atoms with E-state index in [-0.39, 0.29) is 11.4 Å². The fraction of sp³-hybridized carbons (Fsp3) is 0.133. The first-order valence-electron chi connectivity index (χ1n) is 6.33. The number of thioether (sulfide) groups is 1. The minimum absolute atomic E-state index is 0.129. The van der Waals surface area contributed by atoms with E-state index in [0.29, 0.717) is 11.3 Å². The molecular formula is C15H14N2O4S. The van der Waals surface area contributed by atoms with E-state index in [1.165, 1.54) is 19.2 Å². The molecule has 6 nitrogen and oxygen atoms in total. The summed E-state index contributed by atoms with van der Waals surface area (Å²) in [4.78, 5) is 23.7. The minimum Gasteiger partial charge on any atom is -0.496 e. The largest absolute Gasteiger partial charge is 0.496 e. The smallest absolute Gasteiger partial charge is 0.296 e. The zero-order chi connectivity index (χ0) is 16.1. The number of nitrogens with zero attached hydrogens (tertiary/aromatic N) is 1. The number of methoxy groups -OCH3 is 1. The zero-order valence-corrected chi connectivity index (χ0v) is 12.8. The summed E-state index contributed by atoms with van der Waals surface area (Å²) in [5.74, 6) is -0.0463. The van der Waals surface area contributed by atoms with Crippen molar-refractivity contribution < 1.29 is 14.5 Å². The fourth-order valence-corrected chi connectivity index (χ4v) is 2.24. The molecule has 2 aromatic carbocycles. The maximum absolute atomic E-state index is 12.2. The molecule has 1 amide bonds. The molecule has 1 N–H and O–H groups in total. The second kappa shape index (κ2) is 6.95. The summed E-state index contributed by atoms with van der Waals surface area (Å²) in [7, 11) is 1.42. The van der Waals surface area contributed by atoms with Crippen LogP contribution in [0.4, 0.5) is 11.4 Å². The summed E-state index contributed by atoms with van der Waals surface area (Å²) in [6.45, 7) is 0. The average Bonchev–Trinajstić information content (AvgIpc) is 2.55. The van der Waals surface area contributed by atoms with Crippen LogP contribution in [0.5, 0.6) is 5.75 Å². The van der Waals surface area contributed by atoms with E-state index in [0.717, 1.165) is 4.90 Å². The Kier molecular flexibility index (Phi) is 5.00. The number of anilines is 1. The van der Waals surface area contributed by atoms with Crippen molar-refractivity contribution in [1.82, 2.24) is 0 Å². The SMILES string of the molecule is COc1ccc(NC(=O)c2ccc(SC)cc2)c([N+](=O)[O-])c1. The second-order valence-corrected chi connectivity index (χ2v) is 5.20. The van der Waals surface area contributed by atoms with Crippen molar-refractivity contribution in [2.24, 2.45) is 0 Å². The van der Waals surface area contributed by atoms with Crippen molar-refractivity contribution in [3.05, 3.63) is 58.1 Å². The van der Waals surface area contributed by atoms with Crippen LogP contribution in [0.25, 0.3) is 0 Å². The van der Waals surface area contributed by atoms with Crippen molar-refractivity contribution in [1.29, 1.82) is 0 Å². The summed E-state index contributed by atoms with van der Waals surface area (Å²) in [6.07, 6.45) is 1.94. The number of nitro groups is 1. The van der Waals surface area contributed by atoms with Gasteiger partial charge in [-0.25, -0.2) is 0 Å². The van der Waals surface area contributed by atoms with Crippen LogP contribution in [0, 0.1) is 10.1 Å². The molecule has 0 aromatic heterocycles. The molecule has 0 fully saturated rings. The lowest BCUT2D eigenvalue weighted by atomic mass is 10.2. The highest BCUT2D eigenvalue weighted by molar-refractivity contribution is 7.98. The molecule has 0 bridgehead atoms. The molecule has 0 aliphatic carbocycles. The van der Waals surface area contributed by atoms with Gasteiger partial charge in [0, 0.05) is 10.5 Å². The van der Waals surface area contributed by atoms with Crippen molar-refractivity contribution >= 4 is 29.0 Å². The number of rotatable bonds is 5. The summed E-state index contributed by atoms with van der Waals surface area (Å²) >= 11 is 1.57. The van der Waals surface area contributed by atoms with Gasteiger partial charge in [-0.05, 0) is 42.7 Å². The van der Waals surface area contributed by atoms with E-state index in [2.05, 4.69) is 5.32 Å². The van der Waals surface area contributed by atoms with Crippen LogP contribution in [0.2, 0.25) is 0 Å². The van der Waals surface area contributed by atoms with Gasteiger partial charge in [-0.2, -0.15) is 0 Å². The highest BCUT2D eigenvalue weighted by Gasteiger charge is 2.17. The molecule has 0 saturated carbocycles. The summed E-state index contributed by atoms with van der Waals surface area (Å²) < 4.78 is 4.96.